The SMILES string of the molecule is CCS(=O)(=O)CC(N)c1cccs1. The Hall–Kier alpha value is -0.390. The van der Waals surface area contributed by atoms with Crippen LogP contribution < -0.4 is 5.73 Å². The van der Waals surface area contributed by atoms with Gasteiger partial charge in [-0.15, -0.1) is 11.3 Å². The highest BCUT2D eigenvalue weighted by molar-refractivity contribution is 7.91. The van der Waals surface area contributed by atoms with Gasteiger partial charge in [-0.3, -0.25) is 0 Å². The molecule has 1 rings (SSSR count). The molecular weight excluding hydrogens is 206 g/mol. The lowest BCUT2D eigenvalue weighted by Gasteiger charge is -2.08. The van der Waals surface area contributed by atoms with Crippen LogP contribution in [0.15, 0.2) is 17.5 Å². The lowest BCUT2D eigenvalue weighted by molar-refractivity contribution is 0.591. The van der Waals surface area contributed by atoms with E-state index < -0.39 is 9.84 Å². The molecule has 1 aromatic heterocycles. The Balaban J connectivity index is 2.67. The van der Waals surface area contributed by atoms with Gasteiger partial charge in [0.2, 0.25) is 0 Å². The molecule has 0 radical (unpaired) electrons. The third kappa shape index (κ3) is 3.10. The highest BCUT2D eigenvalue weighted by Crippen LogP contribution is 2.18. The molecule has 0 saturated heterocycles. The van der Waals surface area contributed by atoms with Crippen molar-refractivity contribution >= 4 is 21.2 Å². The maximum absolute atomic E-state index is 11.2. The van der Waals surface area contributed by atoms with Gasteiger partial charge in [0.05, 0.1) is 11.8 Å². The minimum Gasteiger partial charge on any atom is -0.322 e. The molecule has 2 N–H and O–H groups in total. The molecule has 1 unspecified atom stereocenters. The average Bonchev–Trinajstić information content (AvgIpc) is 2.55. The summed E-state index contributed by atoms with van der Waals surface area (Å²) in [6.07, 6.45) is 0. The van der Waals surface area contributed by atoms with E-state index >= 15 is 0 Å². The van der Waals surface area contributed by atoms with E-state index in [2.05, 4.69) is 0 Å². The van der Waals surface area contributed by atoms with Crippen molar-refractivity contribution in [3.8, 4) is 0 Å². The fraction of sp³-hybridized carbons (Fsp3) is 0.500. The van der Waals surface area contributed by atoms with E-state index in [0.717, 1.165) is 4.88 Å². The molecule has 13 heavy (non-hydrogen) atoms. The number of hydrogen-bond donors (Lipinski definition) is 1. The lowest BCUT2D eigenvalue weighted by Crippen LogP contribution is -2.21. The predicted octanol–water partition coefficient (Wildman–Crippen LogP) is 1.18. The van der Waals surface area contributed by atoms with Gasteiger partial charge in [-0.2, -0.15) is 0 Å². The summed E-state index contributed by atoms with van der Waals surface area (Å²) >= 11 is 1.49. The molecular formula is C8H13NO2S2. The summed E-state index contributed by atoms with van der Waals surface area (Å²) in [7, 11) is -2.96. The third-order valence-corrected chi connectivity index (χ3v) is 4.53. The zero-order valence-electron chi connectivity index (χ0n) is 7.43. The standard InChI is InChI=1S/C8H13NO2S2/c1-2-13(10,11)6-7(9)8-4-3-5-12-8/h3-5,7H,2,6,9H2,1H3. The van der Waals surface area contributed by atoms with Crippen molar-refractivity contribution in [3.63, 3.8) is 0 Å². The molecule has 74 valence electrons. The largest absolute Gasteiger partial charge is 0.322 e. The quantitative estimate of drug-likeness (QED) is 0.827. The Labute approximate surface area is 82.5 Å². The zero-order valence-corrected chi connectivity index (χ0v) is 9.07. The van der Waals surface area contributed by atoms with Crippen LogP contribution in [0, 0.1) is 0 Å². The smallest absolute Gasteiger partial charge is 0.151 e. The first-order valence-electron chi connectivity index (χ1n) is 4.04. The summed E-state index contributed by atoms with van der Waals surface area (Å²) in [4.78, 5) is 0.928. The molecule has 0 bridgehead atoms. The van der Waals surface area contributed by atoms with Crippen molar-refractivity contribution in [2.45, 2.75) is 13.0 Å². The van der Waals surface area contributed by atoms with Gasteiger partial charge < -0.3 is 5.73 Å². The fourth-order valence-corrected chi connectivity index (χ4v) is 2.77. The highest BCUT2D eigenvalue weighted by atomic mass is 32.2. The van der Waals surface area contributed by atoms with E-state index in [-0.39, 0.29) is 17.5 Å². The number of rotatable bonds is 4. The predicted molar refractivity (Wildman–Crippen MR) is 55.6 cm³/mol. The minimum atomic E-state index is -2.96. The van der Waals surface area contributed by atoms with Crippen LogP contribution in [0.4, 0.5) is 0 Å². The summed E-state index contributed by atoms with van der Waals surface area (Å²) in [6.45, 7) is 1.64. The maximum Gasteiger partial charge on any atom is 0.151 e. The first kappa shape index (κ1) is 10.7. The van der Waals surface area contributed by atoms with E-state index in [1.165, 1.54) is 11.3 Å². The molecule has 0 amide bonds. The molecule has 0 saturated carbocycles. The molecule has 0 aliphatic heterocycles. The molecule has 1 aromatic rings. The summed E-state index contributed by atoms with van der Waals surface area (Å²) in [5, 5.41) is 1.90. The summed E-state index contributed by atoms with van der Waals surface area (Å²) in [6, 6.07) is 3.36. The van der Waals surface area contributed by atoms with Gasteiger partial charge in [0.15, 0.2) is 9.84 Å². The molecule has 1 heterocycles. The molecule has 0 fully saturated rings. The van der Waals surface area contributed by atoms with Crippen molar-refractivity contribution in [1.82, 2.24) is 0 Å². The fourth-order valence-electron chi connectivity index (χ4n) is 0.976. The Bertz CT molecular complexity index is 342. The van der Waals surface area contributed by atoms with Gasteiger partial charge in [0.25, 0.3) is 0 Å². The van der Waals surface area contributed by atoms with Gasteiger partial charge >= 0.3 is 0 Å². The van der Waals surface area contributed by atoms with Crippen LogP contribution in [0.25, 0.3) is 0 Å². The second-order valence-electron chi connectivity index (χ2n) is 2.82. The van der Waals surface area contributed by atoms with Crippen molar-refractivity contribution in [1.29, 1.82) is 0 Å². The lowest BCUT2D eigenvalue weighted by atomic mass is 10.3. The van der Waals surface area contributed by atoms with Gasteiger partial charge in [0, 0.05) is 10.6 Å². The van der Waals surface area contributed by atoms with E-state index in [4.69, 9.17) is 5.73 Å². The number of hydrogen-bond acceptors (Lipinski definition) is 4. The highest BCUT2D eigenvalue weighted by Gasteiger charge is 2.15. The van der Waals surface area contributed by atoms with Crippen LogP contribution in [-0.4, -0.2) is 19.9 Å². The van der Waals surface area contributed by atoms with E-state index in [0.29, 0.717) is 0 Å². The first-order chi connectivity index (χ1) is 6.05. The normalized spacial score (nSPS) is 14.3. The summed E-state index contributed by atoms with van der Waals surface area (Å²) < 4.78 is 22.5. The van der Waals surface area contributed by atoms with Crippen LogP contribution >= 0.6 is 11.3 Å². The second kappa shape index (κ2) is 4.21. The van der Waals surface area contributed by atoms with Crippen LogP contribution in [0.3, 0.4) is 0 Å². The monoisotopic (exact) mass is 219 g/mol. The first-order valence-corrected chi connectivity index (χ1v) is 6.74. The Morgan fingerprint density at radius 3 is 2.77 bits per heavy atom. The zero-order chi connectivity index (χ0) is 9.90. The van der Waals surface area contributed by atoms with Crippen molar-refractivity contribution in [3.05, 3.63) is 22.4 Å². The molecule has 1 atom stereocenters. The molecule has 5 heteroatoms. The third-order valence-electron chi connectivity index (χ3n) is 1.78. The maximum atomic E-state index is 11.2. The van der Waals surface area contributed by atoms with E-state index in [9.17, 15) is 8.42 Å². The van der Waals surface area contributed by atoms with Crippen LogP contribution in [0.1, 0.15) is 17.8 Å². The van der Waals surface area contributed by atoms with Gasteiger partial charge in [0.1, 0.15) is 0 Å². The van der Waals surface area contributed by atoms with Crippen molar-refractivity contribution in [2.75, 3.05) is 11.5 Å². The Kier molecular flexibility index (Phi) is 3.47. The summed E-state index contributed by atoms with van der Waals surface area (Å²) in [5.41, 5.74) is 5.73. The average molecular weight is 219 g/mol. The number of nitrogens with two attached hydrogens (primary N) is 1. The molecule has 0 spiro atoms. The van der Waals surface area contributed by atoms with Gasteiger partial charge in [-0.05, 0) is 11.4 Å². The van der Waals surface area contributed by atoms with Crippen LogP contribution in [0.5, 0.6) is 0 Å². The van der Waals surface area contributed by atoms with Crippen molar-refractivity contribution < 1.29 is 8.42 Å². The van der Waals surface area contributed by atoms with E-state index in [1.807, 2.05) is 17.5 Å². The topological polar surface area (TPSA) is 60.2 Å². The molecule has 0 aliphatic rings. The number of sulfone groups is 1. The number of thiophene rings is 1. The van der Waals surface area contributed by atoms with Crippen LogP contribution in [0.2, 0.25) is 0 Å². The van der Waals surface area contributed by atoms with Gasteiger partial charge in [-0.1, -0.05) is 13.0 Å². The molecule has 3 nitrogen and oxygen atoms in total. The molecule has 0 aromatic carbocycles. The minimum absolute atomic E-state index is 0.0456. The summed E-state index contributed by atoms with van der Waals surface area (Å²) in [5.74, 6) is 0.204. The van der Waals surface area contributed by atoms with Crippen LogP contribution in [-0.2, 0) is 9.84 Å². The molecule has 0 aliphatic carbocycles. The van der Waals surface area contributed by atoms with E-state index in [1.54, 1.807) is 6.92 Å². The second-order valence-corrected chi connectivity index (χ2v) is 6.20. The Morgan fingerprint density at radius 1 is 1.62 bits per heavy atom. The Morgan fingerprint density at radius 2 is 2.31 bits per heavy atom. The van der Waals surface area contributed by atoms with Gasteiger partial charge in [-0.25, -0.2) is 8.42 Å². The van der Waals surface area contributed by atoms with Crippen molar-refractivity contribution in [2.24, 2.45) is 5.73 Å².